The maximum absolute atomic E-state index is 12.0. The number of rotatable bonds is 3. The molecule has 1 aliphatic rings. The lowest BCUT2D eigenvalue weighted by molar-refractivity contribution is 0.0676. The third-order valence-corrected chi connectivity index (χ3v) is 3.21. The zero-order valence-corrected chi connectivity index (χ0v) is 10.7. The molecule has 1 unspecified atom stereocenters. The number of hydrogen-bond donors (Lipinski definition) is 1. The molecule has 2 rings (SSSR count). The summed E-state index contributed by atoms with van der Waals surface area (Å²) in [5.74, 6) is 0.00895. The van der Waals surface area contributed by atoms with Crippen LogP contribution in [0.5, 0.6) is 0 Å². The van der Waals surface area contributed by atoms with Crippen molar-refractivity contribution in [2.45, 2.75) is 12.5 Å². The van der Waals surface area contributed by atoms with Crippen LogP contribution in [0.4, 0.5) is 0 Å². The minimum atomic E-state index is 0.00895. The van der Waals surface area contributed by atoms with E-state index in [1.54, 1.807) is 18.2 Å². The van der Waals surface area contributed by atoms with Crippen molar-refractivity contribution in [3.63, 3.8) is 0 Å². The first kappa shape index (κ1) is 12.8. The van der Waals surface area contributed by atoms with Crippen molar-refractivity contribution >= 4 is 29.0 Å². The molecule has 0 aliphatic carbocycles. The summed E-state index contributed by atoms with van der Waals surface area (Å²) >= 11 is 11.8. The lowest BCUT2D eigenvalue weighted by Crippen LogP contribution is -2.42. The van der Waals surface area contributed by atoms with E-state index < -0.39 is 0 Å². The first-order chi connectivity index (χ1) is 8.16. The Kier molecular flexibility index (Phi) is 4.40. The summed E-state index contributed by atoms with van der Waals surface area (Å²) in [6.07, 6.45) is 0.390. The van der Waals surface area contributed by atoms with Gasteiger partial charge in [0.1, 0.15) is 0 Å². The molecule has 92 valence electrons. The summed E-state index contributed by atoms with van der Waals surface area (Å²) in [6, 6.07) is 4.99. The van der Waals surface area contributed by atoms with Gasteiger partial charge in [-0.25, -0.2) is 0 Å². The molecule has 5 heteroatoms. The van der Waals surface area contributed by atoms with E-state index in [1.807, 2.05) is 0 Å². The monoisotopic (exact) mass is 273 g/mol. The van der Waals surface area contributed by atoms with E-state index in [-0.39, 0.29) is 11.8 Å². The topological polar surface area (TPSA) is 38.3 Å². The number of carbonyl (C=O) groups excluding carboxylic acids is 1. The summed E-state index contributed by atoms with van der Waals surface area (Å²) in [5.41, 5.74) is 0.517. The van der Waals surface area contributed by atoms with Crippen molar-refractivity contribution in [3.05, 3.63) is 33.8 Å². The second-order valence-electron chi connectivity index (χ2n) is 3.98. The van der Waals surface area contributed by atoms with Gasteiger partial charge in [-0.3, -0.25) is 4.79 Å². The molecular weight excluding hydrogens is 261 g/mol. The number of ketones is 1. The average molecular weight is 274 g/mol. The Balaban J connectivity index is 2.03. The van der Waals surface area contributed by atoms with Crippen LogP contribution < -0.4 is 5.32 Å². The number of benzene rings is 1. The van der Waals surface area contributed by atoms with Crippen LogP contribution in [0.3, 0.4) is 0 Å². The van der Waals surface area contributed by atoms with Crippen molar-refractivity contribution in [1.29, 1.82) is 0 Å². The van der Waals surface area contributed by atoms with Gasteiger partial charge < -0.3 is 10.1 Å². The molecule has 0 amide bonds. The quantitative estimate of drug-likeness (QED) is 0.861. The molecule has 3 nitrogen and oxygen atoms in total. The smallest absolute Gasteiger partial charge is 0.166 e. The molecule has 1 N–H and O–H groups in total. The van der Waals surface area contributed by atoms with Crippen LogP contribution in [-0.4, -0.2) is 31.6 Å². The number of hydrogen-bond acceptors (Lipinski definition) is 3. The molecule has 1 heterocycles. The molecule has 1 aromatic carbocycles. The van der Waals surface area contributed by atoms with E-state index in [0.717, 1.165) is 6.54 Å². The molecule has 1 aliphatic heterocycles. The molecule has 1 fully saturated rings. The predicted octanol–water partition coefficient (Wildman–Crippen LogP) is 2.55. The van der Waals surface area contributed by atoms with Gasteiger partial charge in [0.25, 0.3) is 0 Å². The largest absolute Gasteiger partial charge is 0.378 e. The molecular formula is C12H13Cl2NO2. The molecule has 0 radical (unpaired) electrons. The normalized spacial score (nSPS) is 20.2. The third-order valence-electron chi connectivity index (χ3n) is 2.66. The van der Waals surface area contributed by atoms with Crippen LogP contribution in [0.2, 0.25) is 10.0 Å². The fourth-order valence-corrected chi connectivity index (χ4v) is 2.31. The average Bonchev–Trinajstić information content (AvgIpc) is 2.30. The van der Waals surface area contributed by atoms with Gasteiger partial charge in [0, 0.05) is 29.6 Å². The van der Waals surface area contributed by atoms with Crippen LogP contribution in [0.15, 0.2) is 18.2 Å². The summed E-state index contributed by atoms with van der Waals surface area (Å²) < 4.78 is 5.30. The van der Waals surface area contributed by atoms with Crippen LogP contribution in [0.1, 0.15) is 16.8 Å². The lowest BCUT2D eigenvalue weighted by atomic mass is 10.0. The van der Waals surface area contributed by atoms with Crippen LogP contribution in [0, 0.1) is 0 Å². The summed E-state index contributed by atoms with van der Waals surface area (Å²) in [6.45, 7) is 2.05. The highest BCUT2D eigenvalue weighted by atomic mass is 35.5. The molecule has 0 aromatic heterocycles. The Morgan fingerprint density at radius 1 is 1.47 bits per heavy atom. The van der Waals surface area contributed by atoms with Gasteiger partial charge in [0.2, 0.25) is 0 Å². The first-order valence-corrected chi connectivity index (χ1v) is 6.22. The Bertz CT molecular complexity index is 417. The standard InChI is InChI=1S/C12H13Cl2NO2/c13-8-1-2-10(11(14)5-8)12(16)6-9-7-17-4-3-15-9/h1-2,5,9,15H,3-4,6-7H2. The van der Waals surface area contributed by atoms with Gasteiger partial charge in [0.15, 0.2) is 5.78 Å². The van der Waals surface area contributed by atoms with Crippen LogP contribution in [-0.2, 0) is 4.74 Å². The number of ether oxygens (including phenoxy) is 1. The van der Waals surface area contributed by atoms with Crippen molar-refractivity contribution in [2.24, 2.45) is 0 Å². The van der Waals surface area contributed by atoms with Gasteiger partial charge in [-0.1, -0.05) is 23.2 Å². The zero-order chi connectivity index (χ0) is 12.3. The third kappa shape index (κ3) is 3.42. The van der Waals surface area contributed by atoms with E-state index in [4.69, 9.17) is 27.9 Å². The van der Waals surface area contributed by atoms with Gasteiger partial charge in [-0.05, 0) is 18.2 Å². The molecule has 17 heavy (non-hydrogen) atoms. The minimum absolute atomic E-state index is 0.00895. The highest BCUT2D eigenvalue weighted by molar-refractivity contribution is 6.36. The number of carbonyl (C=O) groups is 1. The Morgan fingerprint density at radius 2 is 2.29 bits per heavy atom. The van der Waals surface area contributed by atoms with Crippen molar-refractivity contribution in [1.82, 2.24) is 5.32 Å². The molecule has 0 saturated carbocycles. The van der Waals surface area contributed by atoms with Crippen LogP contribution >= 0.6 is 23.2 Å². The molecule has 1 atom stereocenters. The predicted molar refractivity (Wildman–Crippen MR) is 68.0 cm³/mol. The van der Waals surface area contributed by atoms with E-state index in [0.29, 0.717) is 35.2 Å². The summed E-state index contributed by atoms with van der Waals surface area (Å²) in [4.78, 5) is 12.0. The van der Waals surface area contributed by atoms with Gasteiger partial charge >= 0.3 is 0 Å². The number of halogens is 2. The van der Waals surface area contributed by atoms with E-state index in [2.05, 4.69) is 5.32 Å². The van der Waals surface area contributed by atoms with Crippen molar-refractivity contribution in [2.75, 3.05) is 19.8 Å². The number of morpholine rings is 1. The molecule has 0 bridgehead atoms. The van der Waals surface area contributed by atoms with Gasteiger partial charge in [-0.15, -0.1) is 0 Å². The highest BCUT2D eigenvalue weighted by Gasteiger charge is 2.19. The van der Waals surface area contributed by atoms with Gasteiger partial charge in [-0.2, -0.15) is 0 Å². The van der Waals surface area contributed by atoms with Gasteiger partial charge in [0.05, 0.1) is 18.2 Å². The summed E-state index contributed by atoms with van der Waals surface area (Å²) in [7, 11) is 0. The number of Topliss-reactive ketones (excluding diaryl/α,β-unsaturated/α-hetero) is 1. The Labute approximate surface area is 110 Å². The molecule has 1 aromatic rings. The lowest BCUT2D eigenvalue weighted by Gasteiger charge is -2.23. The maximum Gasteiger partial charge on any atom is 0.166 e. The molecule has 0 spiro atoms. The Morgan fingerprint density at radius 3 is 2.94 bits per heavy atom. The first-order valence-electron chi connectivity index (χ1n) is 5.46. The fourth-order valence-electron chi connectivity index (χ4n) is 1.80. The van der Waals surface area contributed by atoms with E-state index in [9.17, 15) is 4.79 Å². The van der Waals surface area contributed by atoms with Crippen LogP contribution in [0.25, 0.3) is 0 Å². The second-order valence-corrected chi connectivity index (χ2v) is 4.82. The number of nitrogens with one attached hydrogen (secondary N) is 1. The fraction of sp³-hybridized carbons (Fsp3) is 0.417. The van der Waals surface area contributed by atoms with E-state index >= 15 is 0 Å². The minimum Gasteiger partial charge on any atom is -0.378 e. The van der Waals surface area contributed by atoms with E-state index in [1.165, 1.54) is 0 Å². The van der Waals surface area contributed by atoms with Crippen molar-refractivity contribution < 1.29 is 9.53 Å². The maximum atomic E-state index is 12.0. The highest BCUT2D eigenvalue weighted by Crippen LogP contribution is 2.22. The molecule has 1 saturated heterocycles. The van der Waals surface area contributed by atoms with Crippen molar-refractivity contribution in [3.8, 4) is 0 Å². The second kappa shape index (κ2) is 5.83. The zero-order valence-electron chi connectivity index (χ0n) is 9.21. The SMILES string of the molecule is O=C(CC1COCCN1)c1ccc(Cl)cc1Cl. The Hall–Kier alpha value is -0.610. The summed E-state index contributed by atoms with van der Waals surface area (Å²) in [5, 5.41) is 4.17.